The molecule has 0 aromatic heterocycles. The third-order valence-corrected chi connectivity index (χ3v) is 8.18. The minimum Gasteiger partial charge on any atom is -0.309 e. The van der Waals surface area contributed by atoms with Crippen LogP contribution >= 0.6 is 15.9 Å². The summed E-state index contributed by atoms with van der Waals surface area (Å²) in [6, 6.07) is 32.6. The van der Waals surface area contributed by atoms with Crippen LogP contribution in [0.1, 0.15) is 22.3 Å². The predicted molar refractivity (Wildman–Crippen MR) is 142 cm³/mol. The number of aryl methyl sites for hydroxylation is 1. The monoisotopic (exact) mass is 534 g/mol. The van der Waals surface area contributed by atoms with Crippen LogP contribution in [0.2, 0.25) is 0 Å². The topological polar surface area (TPSA) is 49.4 Å². The van der Waals surface area contributed by atoms with Crippen molar-refractivity contribution in [3.8, 4) is 0 Å². The first-order valence-electron chi connectivity index (χ1n) is 11.1. The van der Waals surface area contributed by atoms with E-state index in [9.17, 15) is 8.42 Å². The van der Waals surface area contributed by atoms with Crippen LogP contribution in [0.3, 0.4) is 0 Å². The van der Waals surface area contributed by atoms with Gasteiger partial charge in [-0.15, -0.1) is 0 Å². The lowest BCUT2D eigenvalue weighted by Gasteiger charge is -2.27. The quantitative estimate of drug-likeness (QED) is 0.268. The fraction of sp³-hybridized carbons (Fsp3) is 0.143. The van der Waals surface area contributed by atoms with Crippen molar-refractivity contribution in [3.63, 3.8) is 0 Å². The summed E-state index contributed by atoms with van der Waals surface area (Å²) in [4.78, 5) is 0.275. The van der Waals surface area contributed by atoms with Gasteiger partial charge in [-0.05, 0) is 47.9 Å². The highest BCUT2D eigenvalue weighted by molar-refractivity contribution is 9.10. The van der Waals surface area contributed by atoms with Gasteiger partial charge < -0.3 is 5.32 Å². The first kappa shape index (κ1) is 24.2. The summed E-state index contributed by atoms with van der Waals surface area (Å²) < 4.78 is 30.2. The maximum atomic E-state index is 13.9. The molecule has 4 nitrogen and oxygen atoms in total. The van der Waals surface area contributed by atoms with Crippen LogP contribution in [0.5, 0.6) is 0 Å². The average molecular weight is 536 g/mol. The molecule has 0 amide bonds. The van der Waals surface area contributed by atoms with Crippen LogP contribution in [0, 0.1) is 6.92 Å². The molecule has 0 bridgehead atoms. The van der Waals surface area contributed by atoms with E-state index in [0.29, 0.717) is 18.8 Å². The van der Waals surface area contributed by atoms with E-state index in [4.69, 9.17) is 0 Å². The van der Waals surface area contributed by atoms with Crippen molar-refractivity contribution in [2.24, 2.45) is 0 Å². The van der Waals surface area contributed by atoms with Crippen molar-refractivity contribution in [2.75, 3.05) is 4.31 Å². The van der Waals surface area contributed by atoms with Crippen LogP contribution in [0.25, 0.3) is 0 Å². The molecule has 0 heterocycles. The van der Waals surface area contributed by atoms with Gasteiger partial charge in [-0.2, -0.15) is 0 Å². The Kier molecular flexibility index (Phi) is 7.83. The number of hydrogen-bond donors (Lipinski definition) is 1. The number of nitrogens with zero attached hydrogens (tertiary/aromatic N) is 1. The maximum absolute atomic E-state index is 13.9. The molecule has 4 aromatic carbocycles. The Labute approximate surface area is 210 Å². The van der Waals surface area contributed by atoms with Gasteiger partial charge in [-0.25, -0.2) is 8.42 Å². The van der Waals surface area contributed by atoms with Crippen LogP contribution < -0.4 is 9.62 Å². The molecule has 0 radical (unpaired) electrons. The van der Waals surface area contributed by atoms with Crippen LogP contribution in [-0.4, -0.2) is 8.42 Å². The number of hydrogen-bond acceptors (Lipinski definition) is 3. The van der Waals surface area contributed by atoms with Crippen molar-refractivity contribution in [1.29, 1.82) is 0 Å². The van der Waals surface area contributed by atoms with Gasteiger partial charge in [-0.3, -0.25) is 4.31 Å². The smallest absolute Gasteiger partial charge is 0.264 e. The molecule has 4 aromatic rings. The fourth-order valence-electron chi connectivity index (χ4n) is 3.76. The zero-order chi connectivity index (χ0) is 24.0. The minimum atomic E-state index is -3.80. The average Bonchev–Trinajstić information content (AvgIpc) is 2.85. The first-order chi connectivity index (χ1) is 16.4. The van der Waals surface area contributed by atoms with E-state index >= 15 is 0 Å². The molecule has 1 N–H and O–H groups in total. The normalized spacial score (nSPS) is 11.4. The van der Waals surface area contributed by atoms with E-state index in [1.165, 1.54) is 9.87 Å². The number of sulfonamides is 1. The van der Waals surface area contributed by atoms with Gasteiger partial charge in [0, 0.05) is 17.6 Å². The number of rotatable bonds is 9. The zero-order valence-electron chi connectivity index (χ0n) is 19.0. The van der Waals surface area contributed by atoms with Crippen molar-refractivity contribution in [1.82, 2.24) is 5.32 Å². The number of benzene rings is 4. The molecular formula is C28H27BrN2O2S. The molecule has 0 saturated heterocycles. The Morgan fingerprint density at radius 3 is 2.06 bits per heavy atom. The summed E-state index contributed by atoms with van der Waals surface area (Å²) in [5, 5.41) is 3.46. The molecule has 0 saturated carbocycles. The molecule has 0 fully saturated rings. The van der Waals surface area contributed by atoms with Gasteiger partial charge in [0.1, 0.15) is 0 Å². The number of nitrogens with one attached hydrogen (secondary N) is 1. The van der Waals surface area contributed by atoms with Gasteiger partial charge in [0.15, 0.2) is 0 Å². The second kappa shape index (κ2) is 11.0. The third kappa shape index (κ3) is 5.76. The lowest BCUT2D eigenvalue weighted by atomic mass is 10.1. The molecule has 6 heteroatoms. The number of halogens is 1. The van der Waals surface area contributed by atoms with Gasteiger partial charge in [0.25, 0.3) is 10.0 Å². The highest BCUT2D eigenvalue weighted by Gasteiger charge is 2.27. The predicted octanol–water partition coefficient (Wildman–Crippen LogP) is 6.44. The molecule has 0 unspecified atom stereocenters. The fourth-order valence-corrected chi connectivity index (χ4v) is 5.65. The zero-order valence-corrected chi connectivity index (χ0v) is 21.4. The van der Waals surface area contributed by atoms with Crippen molar-refractivity contribution in [2.45, 2.75) is 31.5 Å². The molecule has 0 atom stereocenters. The van der Waals surface area contributed by atoms with Crippen molar-refractivity contribution >= 4 is 31.6 Å². The minimum absolute atomic E-state index is 0.216. The van der Waals surface area contributed by atoms with E-state index in [1.807, 2.05) is 85.8 Å². The lowest BCUT2D eigenvalue weighted by Crippen LogP contribution is -2.32. The standard InChI is InChI=1S/C28H27BrN2O2S/c1-22-15-17-26(18-16-22)34(32,33)31(21-25-12-5-7-13-27(25)29)28-14-8-6-11-24(28)20-30-19-23-9-3-2-4-10-23/h2-18,30H,19-21H2,1H3. The van der Waals surface area contributed by atoms with E-state index in [1.54, 1.807) is 12.1 Å². The Morgan fingerprint density at radius 1 is 0.735 bits per heavy atom. The summed E-state index contributed by atoms with van der Waals surface area (Å²) in [5.74, 6) is 0. The Morgan fingerprint density at radius 2 is 1.35 bits per heavy atom. The van der Waals surface area contributed by atoms with E-state index in [0.717, 1.165) is 21.2 Å². The van der Waals surface area contributed by atoms with E-state index < -0.39 is 10.0 Å². The summed E-state index contributed by atoms with van der Waals surface area (Å²) in [7, 11) is -3.80. The lowest BCUT2D eigenvalue weighted by molar-refractivity contribution is 0.589. The molecular weight excluding hydrogens is 508 g/mol. The highest BCUT2D eigenvalue weighted by atomic mass is 79.9. The Bertz CT molecular complexity index is 1340. The molecule has 4 rings (SSSR count). The molecule has 174 valence electrons. The van der Waals surface area contributed by atoms with Crippen LogP contribution in [0.4, 0.5) is 5.69 Å². The first-order valence-corrected chi connectivity index (χ1v) is 13.3. The molecule has 0 spiro atoms. The summed E-state index contributed by atoms with van der Waals surface area (Å²) in [6.45, 7) is 3.40. The molecule has 34 heavy (non-hydrogen) atoms. The summed E-state index contributed by atoms with van der Waals surface area (Å²) in [5.41, 5.74) is 4.67. The van der Waals surface area contributed by atoms with Gasteiger partial charge >= 0.3 is 0 Å². The second-order valence-electron chi connectivity index (χ2n) is 8.13. The maximum Gasteiger partial charge on any atom is 0.264 e. The Balaban J connectivity index is 1.70. The van der Waals surface area contributed by atoms with Crippen molar-refractivity contribution < 1.29 is 8.42 Å². The summed E-state index contributed by atoms with van der Waals surface area (Å²) >= 11 is 3.58. The largest absolute Gasteiger partial charge is 0.309 e. The van der Waals surface area contributed by atoms with Gasteiger partial charge in [0.05, 0.1) is 17.1 Å². The molecule has 0 aliphatic carbocycles. The number of anilines is 1. The summed E-state index contributed by atoms with van der Waals surface area (Å²) in [6.07, 6.45) is 0. The van der Waals surface area contributed by atoms with Gasteiger partial charge in [0.2, 0.25) is 0 Å². The molecule has 0 aliphatic heterocycles. The highest BCUT2D eigenvalue weighted by Crippen LogP contribution is 2.31. The van der Waals surface area contributed by atoms with Crippen LogP contribution in [0.15, 0.2) is 112 Å². The third-order valence-electron chi connectivity index (χ3n) is 5.63. The van der Waals surface area contributed by atoms with Crippen molar-refractivity contribution in [3.05, 3.63) is 130 Å². The Hall–Kier alpha value is -2.93. The second-order valence-corrected chi connectivity index (χ2v) is 10.9. The SMILES string of the molecule is Cc1ccc(S(=O)(=O)N(Cc2ccccc2Br)c2ccccc2CNCc2ccccc2)cc1. The van der Waals surface area contributed by atoms with Crippen LogP contribution in [-0.2, 0) is 29.7 Å². The molecule has 0 aliphatic rings. The van der Waals surface area contributed by atoms with E-state index in [-0.39, 0.29) is 11.4 Å². The number of para-hydroxylation sites is 1. The van der Waals surface area contributed by atoms with E-state index in [2.05, 4.69) is 33.4 Å². The van der Waals surface area contributed by atoms with Gasteiger partial charge in [-0.1, -0.05) is 100 Å².